The number of anilines is 1. The first-order chi connectivity index (χ1) is 12.6. The maximum atomic E-state index is 13.1. The standard InChI is InChI=1S/C18H27N3O5S/c1-14(23)21-13-18(2,3)26-17-5-4-15(12-16(17)21)27(24,25)20-8-6-19(7-9-20)10-11-22/h4-5,12,22H,6-11,13H2,1-3H3. The molecule has 1 saturated heterocycles. The first kappa shape index (κ1) is 20.1. The molecule has 2 aliphatic rings. The van der Waals surface area contributed by atoms with Gasteiger partial charge in [0, 0.05) is 39.6 Å². The zero-order valence-corrected chi connectivity index (χ0v) is 16.8. The molecule has 8 nitrogen and oxygen atoms in total. The molecular formula is C18H27N3O5S. The van der Waals surface area contributed by atoms with Gasteiger partial charge in [-0.1, -0.05) is 0 Å². The number of aliphatic hydroxyl groups excluding tert-OH is 1. The molecule has 27 heavy (non-hydrogen) atoms. The first-order valence-electron chi connectivity index (χ1n) is 9.08. The second-order valence-electron chi connectivity index (χ2n) is 7.57. The van der Waals surface area contributed by atoms with Crippen molar-refractivity contribution >= 4 is 21.6 Å². The van der Waals surface area contributed by atoms with Gasteiger partial charge < -0.3 is 14.7 Å². The van der Waals surface area contributed by atoms with Crippen molar-refractivity contribution in [2.75, 3.05) is 50.8 Å². The molecule has 3 rings (SSSR count). The van der Waals surface area contributed by atoms with Crippen LogP contribution in [0.1, 0.15) is 20.8 Å². The number of rotatable bonds is 4. The fraction of sp³-hybridized carbons (Fsp3) is 0.611. The molecule has 0 aromatic heterocycles. The van der Waals surface area contributed by atoms with E-state index in [1.165, 1.54) is 23.4 Å². The summed E-state index contributed by atoms with van der Waals surface area (Å²) in [5, 5.41) is 9.02. The van der Waals surface area contributed by atoms with Crippen molar-refractivity contribution in [2.24, 2.45) is 0 Å². The third-order valence-electron chi connectivity index (χ3n) is 4.91. The van der Waals surface area contributed by atoms with Crippen LogP contribution in [0.25, 0.3) is 0 Å². The fourth-order valence-corrected chi connectivity index (χ4v) is 4.96. The number of benzene rings is 1. The summed E-state index contributed by atoms with van der Waals surface area (Å²) in [6.45, 7) is 8.14. The highest BCUT2D eigenvalue weighted by atomic mass is 32.2. The van der Waals surface area contributed by atoms with E-state index in [0.29, 0.717) is 50.7 Å². The normalized spacial score (nSPS) is 20.8. The molecule has 0 unspecified atom stereocenters. The predicted octanol–water partition coefficient (Wildman–Crippen LogP) is 0.509. The zero-order valence-electron chi connectivity index (χ0n) is 16.0. The van der Waals surface area contributed by atoms with E-state index < -0.39 is 15.6 Å². The van der Waals surface area contributed by atoms with Crippen molar-refractivity contribution < 1.29 is 23.1 Å². The van der Waals surface area contributed by atoms with E-state index in [9.17, 15) is 13.2 Å². The van der Waals surface area contributed by atoms with E-state index in [1.807, 2.05) is 18.7 Å². The summed E-state index contributed by atoms with van der Waals surface area (Å²) in [5.74, 6) is 0.355. The summed E-state index contributed by atoms with van der Waals surface area (Å²) in [5.41, 5.74) is -0.0518. The van der Waals surface area contributed by atoms with E-state index >= 15 is 0 Å². The number of aliphatic hydroxyl groups is 1. The Labute approximate surface area is 160 Å². The second-order valence-corrected chi connectivity index (χ2v) is 9.50. The molecule has 1 fully saturated rings. The van der Waals surface area contributed by atoms with Crippen LogP contribution in [0.2, 0.25) is 0 Å². The van der Waals surface area contributed by atoms with E-state index in [0.717, 1.165) is 0 Å². The third kappa shape index (κ3) is 4.11. The summed E-state index contributed by atoms with van der Waals surface area (Å²) in [6, 6.07) is 4.69. The largest absolute Gasteiger partial charge is 0.484 e. The van der Waals surface area contributed by atoms with Crippen LogP contribution in [0, 0.1) is 0 Å². The van der Waals surface area contributed by atoms with E-state index in [2.05, 4.69) is 0 Å². The molecule has 1 amide bonds. The number of carbonyl (C=O) groups is 1. The van der Waals surface area contributed by atoms with E-state index in [1.54, 1.807) is 11.0 Å². The molecule has 2 aliphatic heterocycles. The molecule has 2 heterocycles. The van der Waals surface area contributed by atoms with Gasteiger partial charge in [-0.3, -0.25) is 9.69 Å². The van der Waals surface area contributed by atoms with Crippen LogP contribution in [-0.2, 0) is 14.8 Å². The molecule has 0 spiro atoms. The number of piperazine rings is 1. The minimum Gasteiger partial charge on any atom is -0.484 e. The minimum atomic E-state index is -3.66. The number of fused-ring (bicyclic) bond motifs is 1. The average molecular weight is 397 g/mol. The van der Waals surface area contributed by atoms with E-state index in [4.69, 9.17) is 9.84 Å². The van der Waals surface area contributed by atoms with Gasteiger partial charge in [-0.25, -0.2) is 8.42 Å². The molecule has 1 aromatic rings. The molecule has 1 aromatic carbocycles. The SMILES string of the molecule is CC(=O)N1CC(C)(C)Oc2ccc(S(=O)(=O)N3CCN(CCO)CC3)cc21. The van der Waals surface area contributed by atoms with Gasteiger partial charge in [0.25, 0.3) is 0 Å². The Morgan fingerprint density at radius 2 is 1.89 bits per heavy atom. The summed E-state index contributed by atoms with van der Waals surface area (Å²) in [7, 11) is -3.66. The summed E-state index contributed by atoms with van der Waals surface area (Å²) in [6.07, 6.45) is 0. The van der Waals surface area contributed by atoms with Crippen molar-refractivity contribution in [3.63, 3.8) is 0 Å². The highest BCUT2D eigenvalue weighted by molar-refractivity contribution is 7.89. The van der Waals surface area contributed by atoms with Crippen molar-refractivity contribution in [3.05, 3.63) is 18.2 Å². The molecule has 9 heteroatoms. The van der Waals surface area contributed by atoms with Gasteiger partial charge in [0.05, 0.1) is 23.7 Å². The summed E-state index contributed by atoms with van der Waals surface area (Å²) in [4.78, 5) is 15.9. The Balaban J connectivity index is 1.88. The van der Waals surface area contributed by atoms with Crippen molar-refractivity contribution in [1.82, 2.24) is 9.21 Å². The molecule has 1 N–H and O–H groups in total. The minimum absolute atomic E-state index is 0.0643. The number of carbonyl (C=O) groups excluding carboxylic acids is 1. The Kier molecular flexibility index (Phi) is 5.49. The fourth-order valence-electron chi connectivity index (χ4n) is 3.52. The number of hydrogen-bond donors (Lipinski definition) is 1. The lowest BCUT2D eigenvalue weighted by Crippen LogP contribution is -2.49. The Morgan fingerprint density at radius 3 is 2.48 bits per heavy atom. The van der Waals surface area contributed by atoms with Gasteiger partial charge in [0.2, 0.25) is 15.9 Å². The van der Waals surface area contributed by atoms with Crippen LogP contribution in [0.5, 0.6) is 5.75 Å². The van der Waals surface area contributed by atoms with Crippen LogP contribution >= 0.6 is 0 Å². The number of hydrogen-bond acceptors (Lipinski definition) is 6. The van der Waals surface area contributed by atoms with Gasteiger partial charge in [-0.2, -0.15) is 4.31 Å². The van der Waals surface area contributed by atoms with Gasteiger partial charge >= 0.3 is 0 Å². The number of sulfonamides is 1. The first-order valence-corrected chi connectivity index (χ1v) is 10.5. The van der Waals surface area contributed by atoms with Gasteiger partial charge in [0.15, 0.2) is 0 Å². The molecule has 0 saturated carbocycles. The van der Waals surface area contributed by atoms with Crippen molar-refractivity contribution in [3.8, 4) is 5.75 Å². The van der Waals surface area contributed by atoms with Crippen LogP contribution in [0.15, 0.2) is 23.1 Å². The molecule has 0 atom stereocenters. The summed E-state index contributed by atoms with van der Waals surface area (Å²) >= 11 is 0. The number of ether oxygens (including phenoxy) is 1. The van der Waals surface area contributed by atoms with E-state index in [-0.39, 0.29) is 17.4 Å². The van der Waals surface area contributed by atoms with Crippen LogP contribution in [0.4, 0.5) is 5.69 Å². The maximum absolute atomic E-state index is 13.1. The average Bonchev–Trinajstić information content (AvgIpc) is 2.60. The lowest BCUT2D eigenvalue weighted by atomic mass is 10.1. The molecule has 0 radical (unpaired) electrons. The molecule has 0 aliphatic carbocycles. The van der Waals surface area contributed by atoms with Gasteiger partial charge in [-0.15, -0.1) is 0 Å². The third-order valence-corrected chi connectivity index (χ3v) is 6.81. The maximum Gasteiger partial charge on any atom is 0.243 e. The van der Waals surface area contributed by atoms with Crippen LogP contribution in [-0.4, -0.2) is 80.1 Å². The Morgan fingerprint density at radius 1 is 1.22 bits per heavy atom. The van der Waals surface area contributed by atoms with Gasteiger partial charge in [-0.05, 0) is 32.0 Å². The Bertz CT molecular complexity index is 816. The summed E-state index contributed by atoms with van der Waals surface area (Å²) < 4.78 is 33.5. The predicted molar refractivity (Wildman–Crippen MR) is 101 cm³/mol. The monoisotopic (exact) mass is 397 g/mol. The lowest BCUT2D eigenvalue weighted by Gasteiger charge is -2.39. The molecular weight excluding hydrogens is 370 g/mol. The molecule has 0 bridgehead atoms. The highest BCUT2D eigenvalue weighted by Gasteiger charge is 2.35. The van der Waals surface area contributed by atoms with Crippen molar-refractivity contribution in [1.29, 1.82) is 0 Å². The zero-order chi connectivity index (χ0) is 19.8. The van der Waals surface area contributed by atoms with Crippen molar-refractivity contribution in [2.45, 2.75) is 31.3 Å². The van der Waals surface area contributed by atoms with Crippen LogP contribution in [0.3, 0.4) is 0 Å². The second kappa shape index (κ2) is 7.38. The quantitative estimate of drug-likeness (QED) is 0.796. The lowest BCUT2D eigenvalue weighted by molar-refractivity contribution is -0.117. The number of nitrogens with zero attached hydrogens (tertiary/aromatic N) is 3. The smallest absolute Gasteiger partial charge is 0.243 e. The molecule has 150 valence electrons. The highest BCUT2D eigenvalue weighted by Crippen LogP contribution is 2.39. The number of β-amino-alcohol motifs (C(OH)–C–C–N with tert-alkyl or cyclic N) is 1. The number of amides is 1. The van der Waals surface area contributed by atoms with Crippen LogP contribution < -0.4 is 9.64 Å². The Hall–Kier alpha value is -1.68. The topological polar surface area (TPSA) is 90.4 Å². The van der Waals surface area contributed by atoms with Gasteiger partial charge in [0.1, 0.15) is 11.4 Å².